The molecule has 7 rings (SSSR count). The van der Waals surface area contributed by atoms with Gasteiger partial charge in [0, 0.05) is 0 Å². The monoisotopic (exact) mass is 746 g/mol. The van der Waals surface area contributed by atoms with Gasteiger partial charge in [-0.3, -0.25) is 0 Å². The Bertz CT molecular complexity index is 1710. The zero-order valence-corrected chi connectivity index (χ0v) is 29.4. The van der Waals surface area contributed by atoms with Gasteiger partial charge in [-0.25, -0.2) is 0 Å². The fraction of sp³-hybridized carbons (Fsp3) is 0.176. The van der Waals surface area contributed by atoms with Crippen LogP contribution in [0.15, 0.2) is 110 Å². The number of halogens is 2. The molecule has 0 spiro atoms. The fourth-order valence-corrected chi connectivity index (χ4v) is 22.9. The van der Waals surface area contributed by atoms with Crippen LogP contribution in [0.1, 0.15) is 45.2 Å². The molecule has 5 bridgehead atoms. The van der Waals surface area contributed by atoms with Crippen molar-refractivity contribution in [1.29, 1.82) is 0 Å². The van der Waals surface area contributed by atoms with E-state index in [4.69, 9.17) is 0 Å². The van der Waals surface area contributed by atoms with E-state index in [-0.39, 0.29) is 11.8 Å². The summed E-state index contributed by atoms with van der Waals surface area (Å²) in [5.41, 5.74) is 8.26. The van der Waals surface area contributed by atoms with Crippen molar-refractivity contribution in [2.45, 2.75) is 21.6 Å². The second-order valence-electron chi connectivity index (χ2n) is 11.2. The van der Waals surface area contributed by atoms with Gasteiger partial charge in [0.25, 0.3) is 0 Å². The van der Waals surface area contributed by atoms with Crippen molar-refractivity contribution in [1.82, 2.24) is 5.69 Å². The Morgan fingerprint density at radius 2 is 1.23 bits per heavy atom. The van der Waals surface area contributed by atoms with Gasteiger partial charge in [-0.2, -0.15) is 0 Å². The predicted molar refractivity (Wildman–Crippen MR) is 172 cm³/mol. The van der Waals surface area contributed by atoms with E-state index in [1.807, 2.05) is 11.8 Å². The Morgan fingerprint density at radius 1 is 0.650 bits per heavy atom. The molecule has 0 N–H and O–H groups in total. The Kier molecular flexibility index (Phi) is 7.05. The van der Waals surface area contributed by atoms with Gasteiger partial charge in [-0.15, -0.1) is 0 Å². The summed E-state index contributed by atoms with van der Waals surface area (Å²) >= 11 is 6.18. The molecular weight excluding hydrogens is 719 g/mol. The average Bonchev–Trinajstić information content (AvgIpc) is 3.52. The van der Waals surface area contributed by atoms with Gasteiger partial charge in [0.2, 0.25) is 0 Å². The van der Waals surface area contributed by atoms with Crippen molar-refractivity contribution in [3.8, 4) is 0 Å². The van der Waals surface area contributed by atoms with E-state index in [1.54, 1.807) is 6.56 Å². The number of hydrogen-bond acceptors (Lipinski definition) is 3. The van der Waals surface area contributed by atoms with Crippen LogP contribution >= 0.6 is 43.6 Å². The topological polar surface area (TPSA) is 6.48 Å². The molecule has 1 heterocycles. The van der Waals surface area contributed by atoms with Crippen molar-refractivity contribution < 1.29 is 20.8 Å². The Morgan fingerprint density at radius 3 is 1.82 bits per heavy atom. The van der Waals surface area contributed by atoms with Crippen molar-refractivity contribution in [3.05, 3.63) is 134 Å². The van der Waals surface area contributed by atoms with Crippen LogP contribution in [-0.4, -0.2) is 33.9 Å². The molecule has 6 heteroatoms. The minimum absolute atomic E-state index is 0.195. The van der Waals surface area contributed by atoms with E-state index in [9.17, 15) is 0 Å². The van der Waals surface area contributed by atoms with Gasteiger partial charge in [-0.1, -0.05) is 0 Å². The number of fused-ring (bicyclic) bond motifs is 1. The van der Waals surface area contributed by atoms with Crippen molar-refractivity contribution in [2.24, 2.45) is 0 Å². The number of allylic oxidation sites excluding steroid dienone is 2. The molecule has 2 atom stereocenters. The van der Waals surface area contributed by atoms with Gasteiger partial charge < -0.3 is 0 Å². The number of nitrogens with zero attached hydrogens (tertiary/aromatic N) is 2. The molecule has 0 amide bonds. The van der Waals surface area contributed by atoms with Crippen LogP contribution < -0.4 is 0 Å². The molecule has 0 radical (unpaired) electrons. The third-order valence-electron chi connectivity index (χ3n) is 8.73. The first-order valence-electron chi connectivity index (χ1n) is 13.5. The quantitative estimate of drug-likeness (QED) is 0.205. The second-order valence-corrected chi connectivity index (χ2v) is 24.6. The maximum atomic E-state index is 4.07. The van der Waals surface area contributed by atoms with E-state index in [1.165, 1.54) is 52.1 Å². The molecule has 2 nitrogen and oxygen atoms in total. The number of rotatable bonds is 4. The molecule has 1 aliphatic heterocycles. The SMILES string of the molecule is C[N](C)[Zr]1([N](C)C)[C]2=Cc3cc(cc(Br)c3C2c2ccccc2)Sc2ccc(Br)c3c2C=[C]1C3c1ccccc1. The summed E-state index contributed by atoms with van der Waals surface area (Å²) in [6.07, 6.45) is 5.17. The summed E-state index contributed by atoms with van der Waals surface area (Å²) in [4.78, 5) is 2.59. The molecule has 0 saturated carbocycles. The third kappa shape index (κ3) is 3.97. The summed E-state index contributed by atoms with van der Waals surface area (Å²) in [6, 6.07) is 31.6. The standard InChI is InChI=1S/C30H18Br2S.2C2H6N.Zr/c31-26-15-16-28(25-14-13-24(30(25)26)20-9-5-2-6-10-20)33-22-17-21-11-12-23(29(21)27(32)18-22)19-7-3-1-4-8-19;2*1-3-2;/h1-11,14-18,23-24H;2*1-2H3;/q;2*-1;+2. The van der Waals surface area contributed by atoms with Gasteiger partial charge >= 0.3 is 266 Å². The van der Waals surface area contributed by atoms with Gasteiger partial charge in [0.1, 0.15) is 0 Å². The van der Waals surface area contributed by atoms with E-state index < -0.39 is 20.8 Å². The first-order valence-corrected chi connectivity index (χ1v) is 20.6. The van der Waals surface area contributed by atoms with Gasteiger partial charge in [-0.05, 0) is 0 Å². The first kappa shape index (κ1) is 27.3. The molecule has 3 aliphatic rings. The molecule has 4 aromatic carbocycles. The zero-order valence-electron chi connectivity index (χ0n) is 23.0. The maximum absolute atomic E-state index is 4.07. The number of benzene rings is 4. The fourth-order valence-electron chi connectivity index (χ4n) is 7.33. The van der Waals surface area contributed by atoms with Crippen LogP contribution in [0.4, 0.5) is 0 Å². The Balaban J connectivity index is 1.63. The Hall–Kier alpha value is -1.53. The molecule has 40 heavy (non-hydrogen) atoms. The van der Waals surface area contributed by atoms with Crippen molar-refractivity contribution >= 4 is 55.8 Å². The first-order chi connectivity index (χ1) is 19.3. The summed E-state index contributed by atoms with van der Waals surface area (Å²) < 4.78 is 10.9. The molecule has 4 aromatic rings. The normalized spacial score (nSPS) is 20.1. The van der Waals surface area contributed by atoms with Crippen LogP contribution in [0.25, 0.3) is 12.2 Å². The molecule has 200 valence electrons. The predicted octanol–water partition coefficient (Wildman–Crippen LogP) is 9.46. The van der Waals surface area contributed by atoms with Crippen LogP contribution in [-0.2, 0) is 20.8 Å². The molecule has 2 aliphatic carbocycles. The average molecular weight is 750 g/mol. The van der Waals surface area contributed by atoms with E-state index in [2.05, 4.69) is 163 Å². The zero-order chi connectivity index (χ0) is 27.8. The van der Waals surface area contributed by atoms with Crippen LogP contribution in [0.3, 0.4) is 0 Å². The van der Waals surface area contributed by atoms with Crippen LogP contribution in [0, 0.1) is 0 Å². The number of hydrogen-bond donors (Lipinski definition) is 0. The molecule has 0 saturated heterocycles. The Labute approximate surface area is 263 Å². The van der Waals surface area contributed by atoms with Crippen LogP contribution in [0.5, 0.6) is 0 Å². The van der Waals surface area contributed by atoms with Crippen LogP contribution in [0.2, 0.25) is 0 Å². The third-order valence-corrected chi connectivity index (χ3v) is 23.6. The molecule has 2 unspecified atom stereocenters. The van der Waals surface area contributed by atoms with Gasteiger partial charge in [0.05, 0.1) is 0 Å². The van der Waals surface area contributed by atoms with Crippen molar-refractivity contribution in [3.63, 3.8) is 0 Å². The molecule has 0 fully saturated rings. The van der Waals surface area contributed by atoms with E-state index >= 15 is 0 Å². The summed E-state index contributed by atoms with van der Waals surface area (Å²) in [6.45, 7) is 0. The minimum atomic E-state index is -3.80. The molecular formula is C34H30Br2N2SZr. The second kappa shape index (κ2) is 10.3. The summed E-state index contributed by atoms with van der Waals surface area (Å²) in [5, 5.41) is 0. The molecule has 0 aromatic heterocycles. The van der Waals surface area contributed by atoms with Gasteiger partial charge in [0.15, 0.2) is 0 Å². The van der Waals surface area contributed by atoms with E-state index in [0.717, 1.165) is 0 Å². The van der Waals surface area contributed by atoms with E-state index in [0.29, 0.717) is 0 Å². The summed E-state index contributed by atoms with van der Waals surface area (Å²) in [7, 11) is 9.33. The summed E-state index contributed by atoms with van der Waals surface area (Å²) in [5.74, 6) is 0.397. The van der Waals surface area contributed by atoms with Crippen molar-refractivity contribution in [2.75, 3.05) is 28.2 Å².